The first-order valence-electron chi connectivity index (χ1n) is 17.8. The van der Waals surface area contributed by atoms with Gasteiger partial charge < -0.3 is 9.47 Å². The van der Waals surface area contributed by atoms with Gasteiger partial charge in [0.05, 0.1) is 6.61 Å². The molecule has 0 heterocycles. The van der Waals surface area contributed by atoms with Crippen molar-refractivity contribution >= 4 is 5.97 Å². The second kappa shape index (κ2) is 35.5. The standard InChI is InChI=1S/C36H71O3/c1-3-5-7-9-11-23-27-31-35-39-36(37)32-28-24-21-19-17-15-13-12-14-16-18-20-22-26-30-34-38-33-29-25-10-8-6-4-2/h2-35H2,1H3. The third-order valence-electron chi connectivity index (χ3n) is 7.97. The third-order valence-corrected chi connectivity index (χ3v) is 7.97. The first-order valence-corrected chi connectivity index (χ1v) is 17.8. The van der Waals surface area contributed by atoms with Crippen molar-refractivity contribution < 1.29 is 14.3 Å². The normalized spacial score (nSPS) is 11.3. The summed E-state index contributed by atoms with van der Waals surface area (Å²) in [7, 11) is 0. The molecule has 0 N–H and O–H groups in total. The maximum atomic E-state index is 11.8. The summed E-state index contributed by atoms with van der Waals surface area (Å²) in [5.41, 5.74) is 0. The molecule has 3 heteroatoms. The maximum Gasteiger partial charge on any atom is 0.305 e. The molecule has 0 aromatic rings. The molecule has 1 radical (unpaired) electrons. The molecule has 0 atom stereocenters. The van der Waals surface area contributed by atoms with Crippen LogP contribution in [0, 0.1) is 6.92 Å². The Bertz CT molecular complexity index is 451. The maximum absolute atomic E-state index is 11.8. The molecule has 233 valence electrons. The second-order valence-electron chi connectivity index (χ2n) is 12.0. The van der Waals surface area contributed by atoms with Crippen molar-refractivity contribution in [1.82, 2.24) is 0 Å². The molecule has 0 aliphatic heterocycles. The molecule has 3 nitrogen and oxygen atoms in total. The summed E-state index contributed by atoms with van der Waals surface area (Å²) in [6, 6.07) is 0. The van der Waals surface area contributed by atoms with Gasteiger partial charge in [0, 0.05) is 19.6 Å². The molecule has 0 saturated carbocycles. The lowest BCUT2D eigenvalue weighted by Gasteiger charge is -2.06. The minimum absolute atomic E-state index is 0.0179. The number of ether oxygens (including phenoxy) is 2. The van der Waals surface area contributed by atoms with E-state index in [-0.39, 0.29) is 5.97 Å². The number of rotatable bonds is 34. The zero-order chi connectivity index (χ0) is 28.3. The molecule has 0 aromatic heterocycles. The largest absolute Gasteiger partial charge is 0.466 e. The topological polar surface area (TPSA) is 35.5 Å². The first-order chi connectivity index (χ1) is 19.3. The summed E-state index contributed by atoms with van der Waals surface area (Å²) in [5.74, 6) is 0.0179. The SMILES string of the molecule is [CH2]CCCCCCCOCCCCCCCCCCCCCCCCCC(=O)OCCCCCCCCCC. The highest BCUT2D eigenvalue weighted by molar-refractivity contribution is 5.69. The third kappa shape index (κ3) is 35.4. The minimum Gasteiger partial charge on any atom is -0.466 e. The van der Waals surface area contributed by atoms with Crippen molar-refractivity contribution in [2.75, 3.05) is 19.8 Å². The minimum atomic E-state index is 0.0179. The molecule has 0 bridgehead atoms. The first kappa shape index (κ1) is 38.4. The second-order valence-corrected chi connectivity index (χ2v) is 12.0. The Hall–Kier alpha value is -0.570. The van der Waals surface area contributed by atoms with Gasteiger partial charge in [-0.2, -0.15) is 0 Å². The van der Waals surface area contributed by atoms with Crippen LogP contribution < -0.4 is 0 Å². The lowest BCUT2D eigenvalue weighted by Crippen LogP contribution is -2.05. The van der Waals surface area contributed by atoms with E-state index >= 15 is 0 Å². The fourth-order valence-corrected chi connectivity index (χ4v) is 5.28. The van der Waals surface area contributed by atoms with Gasteiger partial charge in [0.1, 0.15) is 0 Å². The Kier molecular flexibility index (Phi) is 34.9. The summed E-state index contributed by atoms with van der Waals surface area (Å²) >= 11 is 0. The van der Waals surface area contributed by atoms with E-state index in [0.717, 1.165) is 32.5 Å². The van der Waals surface area contributed by atoms with Crippen LogP contribution in [-0.2, 0) is 14.3 Å². The Morgan fingerprint density at radius 1 is 0.436 bits per heavy atom. The molecule has 0 fully saturated rings. The van der Waals surface area contributed by atoms with Crippen molar-refractivity contribution in [2.45, 2.75) is 200 Å². The quantitative estimate of drug-likeness (QED) is 0.0589. The van der Waals surface area contributed by atoms with E-state index < -0.39 is 0 Å². The fraction of sp³-hybridized carbons (Fsp3) is 0.944. The van der Waals surface area contributed by atoms with Gasteiger partial charge in [0.2, 0.25) is 0 Å². The summed E-state index contributed by atoms with van der Waals surface area (Å²) in [5, 5.41) is 0. The molecule has 0 aliphatic carbocycles. The summed E-state index contributed by atoms with van der Waals surface area (Å²) in [6.45, 7) is 8.70. The van der Waals surface area contributed by atoms with Gasteiger partial charge in [0.15, 0.2) is 0 Å². The van der Waals surface area contributed by atoms with Crippen molar-refractivity contribution in [3.63, 3.8) is 0 Å². The molecular weight excluding hydrogens is 480 g/mol. The zero-order valence-electron chi connectivity index (χ0n) is 26.8. The molecular formula is C36H71O3. The van der Waals surface area contributed by atoms with Gasteiger partial charge in [-0.15, -0.1) is 0 Å². The number of carbonyl (C=O) groups is 1. The van der Waals surface area contributed by atoms with Crippen LogP contribution in [0.3, 0.4) is 0 Å². The van der Waals surface area contributed by atoms with Crippen molar-refractivity contribution in [3.8, 4) is 0 Å². The molecule has 0 saturated heterocycles. The summed E-state index contributed by atoms with van der Waals surface area (Å²) in [6.07, 6.45) is 38.4. The van der Waals surface area contributed by atoms with Crippen LogP contribution in [0.4, 0.5) is 0 Å². The van der Waals surface area contributed by atoms with Crippen LogP contribution in [-0.4, -0.2) is 25.8 Å². The average molecular weight is 552 g/mol. The van der Waals surface area contributed by atoms with Gasteiger partial charge in [-0.3, -0.25) is 4.79 Å². The number of carbonyl (C=O) groups excluding carboxylic acids is 1. The van der Waals surface area contributed by atoms with Crippen molar-refractivity contribution in [3.05, 3.63) is 6.92 Å². The number of unbranched alkanes of at least 4 members (excludes halogenated alkanes) is 26. The number of hydrogen-bond acceptors (Lipinski definition) is 3. The molecule has 0 rings (SSSR count). The highest BCUT2D eigenvalue weighted by atomic mass is 16.5. The molecule has 39 heavy (non-hydrogen) atoms. The van der Waals surface area contributed by atoms with E-state index in [9.17, 15) is 4.79 Å². The molecule has 0 spiro atoms. The van der Waals surface area contributed by atoms with Crippen LogP contribution in [0.15, 0.2) is 0 Å². The molecule has 0 aliphatic rings. The van der Waals surface area contributed by atoms with Crippen LogP contribution in [0.2, 0.25) is 0 Å². The van der Waals surface area contributed by atoms with E-state index in [1.54, 1.807) is 0 Å². The lowest BCUT2D eigenvalue weighted by atomic mass is 10.0. The zero-order valence-corrected chi connectivity index (χ0v) is 26.8. The number of esters is 1. The molecule has 0 unspecified atom stereocenters. The Morgan fingerprint density at radius 2 is 0.769 bits per heavy atom. The van der Waals surface area contributed by atoms with Crippen LogP contribution in [0.25, 0.3) is 0 Å². The Balaban J connectivity index is 3.11. The van der Waals surface area contributed by atoms with Gasteiger partial charge in [-0.05, 0) is 25.7 Å². The van der Waals surface area contributed by atoms with E-state index in [1.807, 2.05) is 0 Å². The van der Waals surface area contributed by atoms with Crippen LogP contribution >= 0.6 is 0 Å². The van der Waals surface area contributed by atoms with Crippen LogP contribution in [0.1, 0.15) is 200 Å². The molecule has 0 amide bonds. The van der Waals surface area contributed by atoms with Crippen LogP contribution in [0.5, 0.6) is 0 Å². The van der Waals surface area contributed by atoms with Gasteiger partial charge in [-0.1, -0.05) is 174 Å². The smallest absolute Gasteiger partial charge is 0.305 e. The Morgan fingerprint density at radius 3 is 1.18 bits per heavy atom. The van der Waals surface area contributed by atoms with E-state index in [1.165, 1.54) is 167 Å². The molecule has 0 aromatic carbocycles. The van der Waals surface area contributed by atoms with Gasteiger partial charge in [0.25, 0.3) is 0 Å². The van der Waals surface area contributed by atoms with E-state index in [4.69, 9.17) is 9.47 Å². The summed E-state index contributed by atoms with van der Waals surface area (Å²) < 4.78 is 11.2. The van der Waals surface area contributed by atoms with Gasteiger partial charge >= 0.3 is 5.97 Å². The highest BCUT2D eigenvalue weighted by Crippen LogP contribution is 2.14. The lowest BCUT2D eigenvalue weighted by molar-refractivity contribution is -0.143. The average Bonchev–Trinajstić information content (AvgIpc) is 2.94. The number of hydrogen-bond donors (Lipinski definition) is 0. The summed E-state index contributed by atoms with van der Waals surface area (Å²) in [4.78, 5) is 11.8. The van der Waals surface area contributed by atoms with E-state index in [2.05, 4.69) is 13.8 Å². The monoisotopic (exact) mass is 552 g/mol. The highest BCUT2D eigenvalue weighted by Gasteiger charge is 2.03. The van der Waals surface area contributed by atoms with E-state index in [0.29, 0.717) is 13.0 Å². The predicted octanol–water partition coefficient (Wildman–Crippen LogP) is 12.1. The predicted molar refractivity (Wildman–Crippen MR) is 171 cm³/mol. The Labute approximate surface area is 246 Å². The van der Waals surface area contributed by atoms with Crippen molar-refractivity contribution in [1.29, 1.82) is 0 Å². The fourth-order valence-electron chi connectivity index (χ4n) is 5.28. The van der Waals surface area contributed by atoms with Crippen molar-refractivity contribution in [2.24, 2.45) is 0 Å². The van der Waals surface area contributed by atoms with Gasteiger partial charge in [-0.25, -0.2) is 0 Å².